The summed E-state index contributed by atoms with van der Waals surface area (Å²) in [6.07, 6.45) is 0.754. The van der Waals surface area contributed by atoms with Gasteiger partial charge in [0, 0.05) is 10.8 Å². The number of benzene rings is 1. The Morgan fingerprint density at radius 1 is 1.32 bits per heavy atom. The molecule has 22 heavy (non-hydrogen) atoms. The molecule has 0 aliphatic rings. The first-order valence-corrected chi connectivity index (χ1v) is 8.14. The lowest BCUT2D eigenvalue weighted by Crippen LogP contribution is -2.01. The van der Waals surface area contributed by atoms with Crippen LogP contribution < -0.4 is 0 Å². The van der Waals surface area contributed by atoms with Crippen LogP contribution in [0.1, 0.15) is 37.6 Å². The molecule has 1 aromatic carbocycles. The van der Waals surface area contributed by atoms with Crippen LogP contribution in [0.4, 0.5) is 8.78 Å². The van der Waals surface area contributed by atoms with Crippen LogP contribution in [0.3, 0.4) is 0 Å². The second-order valence-corrected chi connectivity index (χ2v) is 5.95. The molecule has 0 aliphatic carbocycles. The molecule has 0 saturated heterocycles. The monoisotopic (exact) mass is 344 g/mol. The predicted molar refractivity (Wildman–Crippen MR) is 85.1 cm³/mol. The highest BCUT2D eigenvalue weighted by atomic mass is 35.5. The van der Waals surface area contributed by atoms with E-state index in [1.54, 1.807) is 24.3 Å². The summed E-state index contributed by atoms with van der Waals surface area (Å²) in [4.78, 5) is 0. The van der Waals surface area contributed by atoms with Crippen LogP contribution in [-0.2, 0) is 0 Å². The smallest absolute Gasteiger partial charge is 0.201 e. The van der Waals surface area contributed by atoms with Crippen LogP contribution in [0.25, 0.3) is 0 Å². The lowest BCUT2D eigenvalue weighted by Gasteiger charge is -2.03. The third-order valence-corrected chi connectivity index (χ3v) is 4.01. The van der Waals surface area contributed by atoms with Crippen LogP contribution in [0.15, 0.2) is 34.5 Å². The minimum absolute atomic E-state index is 0.369. The molecule has 0 amide bonds. The van der Waals surface area contributed by atoms with Crippen molar-refractivity contribution in [3.8, 4) is 0 Å². The molecule has 0 radical (unpaired) electrons. The zero-order chi connectivity index (χ0) is 15.9. The number of halogens is 3. The molecule has 118 valence electrons. The Balaban J connectivity index is 2.22. The van der Waals surface area contributed by atoms with Crippen LogP contribution in [0.5, 0.6) is 0 Å². The van der Waals surface area contributed by atoms with Gasteiger partial charge in [0.2, 0.25) is 11.0 Å². The maximum Gasteiger partial charge on any atom is 0.299 e. The molecule has 4 nitrogen and oxygen atoms in total. The topological polar surface area (TPSA) is 43.1 Å². The molecule has 0 fully saturated rings. The molecule has 0 unspecified atom stereocenters. The molecule has 2 rings (SSSR count). The molecule has 0 aliphatic heterocycles. The van der Waals surface area contributed by atoms with E-state index in [1.807, 2.05) is 0 Å². The summed E-state index contributed by atoms with van der Waals surface area (Å²) < 4.78 is 27.1. The average Bonchev–Trinajstić information content (AvgIpc) is 2.90. The van der Waals surface area contributed by atoms with Gasteiger partial charge in [0.15, 0.2) is 0 Å². The van der Waals surface area contributed by atoms with Gasteiger partial charge < -0.3 is 0 Å². The minimum Gasteiger partial charge on any atom is -0.201 e. The van der Waals surface area contributed by atoms with Crippen molar-refractivity contribution in [3.05, 3.63) is 40.7 Å². The number of alkyl halides is 2. The Labute approximate surface area is 136 Å². The highest BCUT2D eigenvalue weighted by Crippen LogP contribution is 2.24. The van der Waals surface area contributed by atoms with Gasteiger partial charge in [0.25, 0.3) is 6.43 Å². The van der Waals surface area contributed by atoms with Crippen LogP contribution in [-0.4, -0.2) is 26.8 Å². The molecule has 0 spiro atoms. The molecule has 2 aromatic rings. The zero-order valence-corrected chi connectivity index (χ0v) is 13.5. The Morgan fingerprint density at radius 3 is 2.68 bits per heavy atom. The fourth-order valence-corrected chi connectivity index (χ4v) is 2.70. The summed E-state index contributed by atoms with van der Waals surface area (Å²) in [5, 5.41) is 12.4. The Hall–Kier alpha value is -1.47. The number of unbranched alkanes of at least 4 members (excludes halogenated alkanes) is 1. The molecular weight excluding hydrogens is 330 g/mol. The molecular formula is C14H15ClF2N4S. The van der Waals surface area contributed by atoms with E-state index < -0.39 is 12.2 Å². The van der Waals surface area contributed by atoms with Crippen molar-refractivity contribution in [2.24, 2.45) is 5.10 Å². The van der Waals surface area contributed by atoms with Gasteiger partial charge in [-0.1, -0.05) is 48.8 Å². The average molecular weight is 345 g/mol. The second kappa shape index (κ2) is 8.24. The lowest BCUT2D eigenvalue weighted by molar-refractivity contribution is 0.135. The van der Waals surface area contributed by atoms with Gasteiger partial charge >= 0.3 is 0 Å². The summed E-state index contributed by atoms with van der Waals surface area (Å²) in [7, 11) is 0. The normalized spacial score (nSPS) is 11.7. The van der Waals surface area contributed by atoms with E-state index in [9.17, 15) is 8.78 Å². The fraction of sp³-hybridized carbons (Fsp3) is 0.357. The van der Waals surface area contributed by atoms with Crippen molar-refractivity contribution < 1.29 is 8.78 Å². The lowest BCUT2D eigenvalue weighted by atomic mass is 10.2. The second-order valence-electron chi connectivity index (χ2n) is 4.45. The van der Waals surface area contributed by atoms with Gasteiger partial charge in [-0.05, 0) is 24.1 Å². The van der Waals surface area contributed by atoms with Gasteiger partial charge in [-0.3, -0.25) is 0 Å². The van der Waals surface area contributed by atoms with Crippen LogP contribution in [0, 0.1) is 0 Å². The molecule has 1 heterocycles. The zero-order valence-electron chi connectivity index (χ0n) is 11.9. The van der Waals surface area contributed by atoms with Gasteiger partial charge in [0.05, 0.1) is 6.21 Å². The van der Waals surface area contributed by atoms with E-state index >= 15 is 0 Å². The maximum atomic E-state index is 13.0. The standard InChI is InChI=1S/C14H15ClF2N4S/c1-2-3-8-22-14-20-19-13(12(16)17)21(14)18-9-10-4-6-11(15)7-5-10/h4-7,9,12H,2-3,8H2,1H3. The van der Waals surface area contributed by atoms with Crippen molar-refractivity contribution in [2.75, 3.05) is 5.75 Å². The molecule has 0 saturated carbocycles. The van der Waals surface area contributed by atoms with E-state index in [4.69, 9.17) is 11.6 Å². The summed E-state index contributed by atoms with van der Waals surface area (Å²) in [6.45, 7) is 2.06. The highest BCUT2D eigenvalue weighted by Gasteiger charge is 2.20. The van der Waals surface area contributed by atoms with Crippen molar-refractivity contribution in [1.82, 2.24) is 14.9 Å². The molecule has 0 N–H and O–H groups in total. The maximum absolute atomic E-state index is 13.0. The van der Waals surface area contributed by atoms with Crippen LogP contribution >= 0.6 is 23.4 Å². The van der Waals surface area contributed by atoms with Gasteiger partial charge in [-0.25, -0.2) is 8.78 Å². The number of aromatic nitrogens is 3. The number of thioether (sulfide) groups is 1. The quantitative estimate of drug-likeness (QED) is 0.417. The minimum atomic E-state index is -2.73. The molecule has 0 bridgehead atoms. The summed E-state index contributed by atoms with van der Waals surface area (Å²) >= 11 is 7.17. The van der Waals surface area contributed by atoms with Crippen molar-refractivity contribution >= 4 is 29.6 Å². The van der Waals surface area contributed by atoms with E-state index in [0.29, 0.717) is 10.2 Å². The number of nitrogens with zero attached hydrogens (tertiary/aromatic N) is 4. The molecule has 1 aromatic heterocycles. The first-order valence-electron chi connectivity index (χ1n) is 6.78. The third-order valence-electron chi connectivity index (χ3n) is 2.75. The summed E-state index contributed by atoms with van der Waals surface area (Å²) in [5.74, 6) is 0.332. The third kappa shape index (κ3) is 4.51. The predicted octanol–water partition coefficient (Wildman–Crippen LogP) is 4.64. The van der Waals surface area contributed by atoms with E-state index in [2.05, 4.69) is 22.2 Å². The number of hydrogen-bond donors (Lipinski definition) is 0. The first-order chi connectivity index (χ1) is 10.6. The van der Waals surface area contributed by atoms with Crippen molar-refractivity contribution in [2.45, 2.75) is 31.3 Å². The van der Waals surface area contributed by atoms with E-state index in [1.165, 1.54) is 18.0 Å². The molecule has 8 heteroatoms. The largest absolute Gasteiger partial charge is 0.299 e. The first kappa shape index (κ1) is 16.9. The van der Waals surface area contributed by atoms with E-state index in [0.717, 1.165) is 28.8 Å². The van der Waals surface area contributed by atoms with Gasteiger partial charge in [-0.15, -0.1) is 10.2 Å². The number of hydrogen-bond acceptors (Lipinski definition) is 4. The summed E-state index contributed by atoms with van der Waals surface area (Å²) in [6, 6.07) is 6.92. The highest BCUT2D eigenvalue weighted by molar-refractivity contribution is 7.99. The van der Waals surface area contributed by atoms with Crippen molar-refractivity contribution in [3.63, 3.8) is 0 Å². The van der Waals surface area contributed by atoms with Crippen molar-refractivity contribution in [1.29, 1.82) is 0 Å². The van der Waals surface area contributed by atoms with E-state index in [-0.39, 0.29) is 0 Å². The summed E-state index contributed by atoms with van der Waals surface area (Å²) in [5.41, 5.74) is 0.753. The fourth-order valence-electron chi connectivity index (χ4n) is 1.59. The Morgan fingerprint density at radius 2 is 2.05 bits per heavy atom. The van der Waals surface area contributed by atoms with Gasteiger partial charge in [0.1, 0.15) is 0 Å². The van der Waals surface area contributed by atoms with Gasteiger partial charge in [-0.2, -0.15) is 9.78 Å². The SMILES string of the molecule is CCCCSc1nnc(C(F)F)n1N=Cc1ccc(Cl)cc1. The molecule has 0 atom stereocenters. The number of rotatable bonds is 7. The Bertz CT molecular complexity index is 628. The van der Waals surface area contributed by atoms with Crippen LogP contribution in [0.2, 0.25) is 5.02 Å². The Kier molecular flexibility index (Phi) is 6.33.